The molecule has 144 valence electrons. The van der Waals surface area contributed by atoms with Crippen LogP contribution in [0.15, 0.2) is 47.5 Å². The highest BCUT2D eigenvalue weighted by Crippen LogP contribution is 2.34. The van der Waals surface area contributed by atoms with E-state index in [2.05, 4.69) is 9.73 Å². The first-order valence-electron chi connectivity index (χ1n) is 7.90. The van der Waals surface area contributed by atoms with Crippen LogP contribution in [0.4, 0.5) is 17.6 Å². The number of aliphatic imine (C=N–C) groups is 1. The summed E-state index contributed by atoms with van der Waals surface area (Å²) in [7, 11) is 3.39. The van der Waals surface area contributed by atoms with Crippen LogP contribution < -0.4 is 4.74 Å². The minimum Gasteiger partial charge on any atom is -0.435 e. The maximum atomic E-state index is 13.8. The average Bonchev–Trinajstić information content (AvgIpc) is 2.58. The molecule has 2 aromatic carbocycles. The lowest BCUT2D eigenvalue weighted by Crippen LogP contribution is -2.32. The molecule has 0 aliphatic carbocycles. The van der Waals surface area contributed by atoms with E-state index in [1.165, 1.54) is 24.3 Å². The third kappa shape index (κ3) is 4.64. The largest absolute Gasteiger partial charge is 0.435 e. The lowest BCUT2D eigenvalue weighted by atomic mass is 9.84. The highest BCUT2D eigenvalue weighted by molar-refractivity contribution is 5.85. The summed E-state index contributed by atoms with van der Waals surface area (Å²) in [5.74, 6) is -1.44. The van der Waals surface area contributed by atoms with Crippen molar-refractivity contribution in [2.24, 2.45) is 4.99 Å². The van der Waals surface area contributed by atoms with Crippen LogP contribution in [0.2, 0.25) is 0 Å². The highest BCUT2D eigenvalue weighted by atomic mass is 19.3. The molecule has 27 heavy (non-hydrogen) atoms. The average molecular weight is 382 g/mol. The second kappa shape index (κ2) is 8.20. The first-order valence-corrected chi connectivity index (χ1v) is 7.90. The van der Waals surface area contributed by atoms with Gasteiger partial charge in [0.15, 0.2) is 11.8 Å². The molecule has 0 saturated carbocycles. The number of benzene rings is 2. The van der Waals surface area contributed by atoms with Crippen molar-refractivity contribution in [3.63, 3.8) is 0 Å². The summed E-state index contributed by atoms with van der Waals surface area (Å²) >= 11 is 0. The van der Waals surface area contributed by atoms with Crippen molar-refractivity contribution in [1.82, 2.24) is 4.90 Å². The second-order valence-electron chi connectivity index (χ2n) is 6.00. The Morgan fingerprint density at radius 3 is 2.07 bits per heavy atom. The number of ether oxygens (including phenoxy) is 1. The normalized spacial score (nSPS) is 14.0. The molecular formula is C19H18F4N2O2. The van der Waals surface area contributed by atoms with Gasteiger partial charge in [0.25, 0.3) is 0 Å². The third-order valence-electron chi connectivity index (χ3n) is 3.98. The quantitative estimate of drug-likeness (QED) is 0.328. The second-order valence-corrected chi connectivity index (χ2v) is 6.00. The molecule has 0 aliphatic heterocycles. The number of halogens is 4. The van der Waals surface area contributed by atoms with Crippen LogP contribution in [0.3, 0.4) is 0 Å². The Kier molecular flexibility index (Phi) is 6.20. The van der Waals surface area contributed by atoms with Crippen molar-refractivity contribution in [3.05, 3.63) is 65.2 Å². The number of amidine groups is 1. The number of rotatable bonds is 6. The fourth-order valence-electron chi connectivity index (χ4n) is 2.48. The van der Waals surface area contributed by atoms with Crippen LogP contribution in [-0.4, -0.2) is 37.7 Å². The van der Waals surface area contributed by atoms with E-state index in [4.69, 9.17) is 0 Å². The smallest absolute Gasteiger partial charge is 0.387 e. The Bertz CT molecular complexity index is 818. The topological polar surface area (TPSA) is 41.9 Å². The van der Waals surface area contributed by atoms with Gasteiger partial charge in [0.05, 0.1) is 5.84 Å². The molecule has 1 unspecified atom stereocenters. The van der Waals surface area contributed by atoms with Gasteiger partial charge in [0.1, 0.15) is 17.4 Å². The van der Waals surface area contributed by atoms with E-state index in [9.17, 15) is 22.4 Å². The Morgan fingerprint density at radius 2 is 1.63 bits per heavy atom. The molecule has 0 fully saturated rings. The van der Waals surface area contributed by atoms with E-state index in [0.29, 0.717) is 18.2 Å². The first-order chi connectivity index (χ1) is 12.7. The summed E-state index contributed by atoms with van der Waals surface area (Å²) in [6.07, 6.45) is 0.456. The number of hydrogen-bond donors (Lipinski definition) is 0. The summed E-state index contributed by atoms with van der Waals surface area (Å²) in [5.41, 5.74) is -1.55. The van der Waals surface area contributed by atoms with E-state index in [0.717, 1.165) is 12.1 Å². The fraction of sp³-hybridized carbons (Fsp3) is 0.263. The standard InChI is InChI=1S/C19H18F4N2O2/c1-12(25(2)3)24-19(11-26,14-8-15(20)10-16(21)9-14)13-4-6-17(7-5-13)27-18(22)23/h4-11,18H,1-3H3/b24-12-. The van der Waals surface area contributed by atoms with Crippen molar-refractivity contribution in [1.29, 1.82) is 0 Å². The summed E-state index contributed by atoms with van der Waals surface area (Å²) in [4.78, 5) is 18.2. The summed E-state index contributed by atoms with van der Waals surface area (Å²) < 4.78 is 56.6. The van der Waals surface area contributed by atoms with Crippen molar-refractivity contribution < 1.29 is 27.1 Å². The molecular weight excluding hydrogens is 364 g/mol. The van der Waals surface area contributed by atoms with Crippen LogP contribution in [0, 0.1) is 11.6 Å². The van der Waals surface area contributed by atoms with Gasteiger partial charge < -0.3 is 9.64 Å². The molecule has 4 nitrogen and oxygen atoms in total. The van der Waals surface area contributed by atoms with Gasteiger partial charge in [-0.1, -0.05) is 12.1 Å². The monoisotopic (exact) mass is 382 g/mol. The predicted molar refractivity (Wildman–Crippen MR) is 93.1 cm³/mol. The SMILES string of the molecule is C/C(=N/C(C=O)(c1ccc(OC(F)F)cc1)c1cc(F)cc(F)c1)N(C)C. The number of carbonyl (C=O) groups excluding carboxylic acids is 1. The van der Waals surface area contributed by atoms with Gasteiger partial charge in [-0.3, -0.25) is 4.79 Å². The van der Waals surface area contributed by atoms with Gasteiger partial charge in [0.2, 0.25) is 0 Å². The molecule has 0 N–H and O–H groups in total. The number of hydrogen-bond acceptors (Lipinski definition) is 3. The Labute approximate surface area is 154 Å². The van der Waals surface area contributed by atoms with Crippen molar-refractivity contribution in [3.8, 4) is 5.75 Å². The minimum absolute atomic E-state index is 0.0290. The maximum Gasteiger partial charge on any atom is 0.387 e. The number of aldehydes is 1. The summed E-state index contributed by atoms with van der Waals surface area (Å²) in [6, 6.07) is 7.86. The predicted octanol–water partition coefficient (Wildman–Crippen LogP) is 3.99. The molecule has 2 aromatic rings. The van der Waals surface area contributed by atoms with Crippen LogP contribution >= 0.6 is 0 Å². The van der Waals surface area contributed by atoms with Gasteiger partial charge >= 0.3 is 6.61 Å². The molecule has 8 heteroatoms. The molecule has 1 atom stereocenters. The molecule has 0 spiro atoms. The Morgan fingerprint density at radius 1 is 1.07 bits per heavy atom. The molecule has 0 heterocycles. The van der Waals surface area contributed by atoms with Gasteiger partial charge in [0, 0.05) is 20.2 Å². The van der Waals surface area contributed by atoms with Crippen LogP contribution in [0.5, 0.6) is 5.75 Å². The number of carbonyl (C=O) groups is 1. The summed E-state index contributed by atoms with van der Waals surface area (Å²) in [6.45, 7) is -1.37. The fourth-order valence-corrected chi connectivity index (χ4v) is 2.48. The first kappa shape index (κ1) is 20.4. The molecule has 0 bridgehead atoms. The van der Waals surface area contributed by atoms with Crippen LogP contribution in [0.1, 0.15) is 18.1 Å². The van der Waals surface area contributed by atoms with E-state index in [1.54, 1.807) is 25.9 Å². The molecule has 2 rings (SSSR count). The van der Waals surface area contributed by atoms with E-state index >= 15 is 0 Å². The van der Waals surface area contributed by atoms with Gasteiger partial charge in [-0.15, -0.1) is 0 Å². The number of nitrogens with zero attached hydrogens (tertiary/aromatic N) is 2. The van der Waals surface area contributed by atoms with Gasteiger partial charge in [-0.05, 0) is 42.3 Å². The van der Waals surface area contributed by atoms with Gasteiger partial charge in [-0.25, -0.2) is 13.8 Å². The molecule has 0 saturated heterocycles. The zero-order chi connectivity index (χ0) is 20.2. The molecule has 0 aromatic heterocycles. The van der Waals surface area contributed by atoms with Crippen molar-refractivity contribution in [2.45, 2.75) is 19.1 Å². The lowest BCUT2D eigenvalue weighted by Gasteiger charge is -2.27. The zero-order valence-electron chi connectivity index (χ0n) is 14.9. The van der Waals surface area contributed by atoms with Crippen molar-refractivity contribution in [2.75, 3.05) is 14.1 Å². The number of alkyl halides is 2. The van der Waals surface area contributed by atoms with E-state index in [1.807, 2.05) is 0 Å². The van der Waals surface area contributed by atoms with E-state index in [-0.39, 0.29) is 16.9 Å². The molecule has 0 radical (unpaired) electrons. The Balaban J connectivity index is 2.68. The van der Waals surface area contributed by atoms with Gasteiger partial charge in [-0.2, -0.15) is 8.78 Å². The van der Waals surface area contributed by atoms with E-state index < -0.39 is 23.8 Å². The van der Waals surface area contributed by atoms with Crippen LogP contribution in [0.25, 0.3) is 0 Å². The minimum atomic E-state index is -3.00. The summed E-state index contributed by atoms with van der Waals surface area (Å²) in [5, 5.41) is 0. The molecule has 0 amide bonds. The maximum absolute atomic E-state index is 13.8. The lowest BCUT2D eigenvalue weighted by molar-refractivity contribution is -0.111. The Hall–Kier alpha value is -2.90. The third-order valence-corrected chi connectivity index (χ3v) is 3.98. The zero-order valence-corrected chi connectivity index (χ0v) is 14.9. The highest BCUT2D eigenvalue weighted by Gasteiger charge is 2.35. The molecule has 0 aliphatic rings. The van der Waals surface area contributed by atoms with Crippen molar-refractivity contribution >= 4 is 12.1 Å². The van der Waals surface area contributed by atoms with Crippen LogP contribution in [-0.2, 0) is 10.3 Å².